The molecule has 80 valence electrons. The first kappa shape index (κ1) is 11.5. The van der Waals surface area contributed by atoms with Crippen LogP contribution in [0.3, 0.4) is 0 Å². The molecule has 1 saturated heterocycles. The van der Waals surface area contributed by atoms with Crippen LogP contribution in [0, 0.1) is 17.2 Å². The Kier molecular flexibility index (Phi) is 4.92. The van der Waals surface area contributed by atoms with Crippen molar-refractivity contribution >= 4 is 0 Å². The number of nitriles is 1. The Bertz CT molecular complexity index is 187. The summed E-state index contributed by atoms with van der Waals surface area (Å²) in [5.74, 6) is 0.764. The van der Waals surface area contributed by atoms with Gasteiger partial charge in [0.1, 0.15) is 0 Å². The number of hydrogen-bond donors (Lipinski definition) is 0. The minimum Gasteiger partial charge on any atom is -0.301 e. The summed E-state index contributed by atoms with van der Waals surface area (Å²) in [7, 11) is 0. The van der Waals surface area contributed by atoms with Gasteiger partial charge in [-0.2, -0.15) is 5.26 Å². The Labute approximate surface area is 87.3 Å². The highest BCUT2D eigenvalue weighted by Crippen LogP contribution is 2.05. The Morgan fingerprint density at radius 1 is 1.14 bits per heavy atom. The maximum atomic E-state index is 8.48. The third-order valence-corrected chi connectivity index (χ3v) is 2.63. The maximum absolute atomic E-state index is 8.48. The highest BCUT2D eigenvalue weighted by Gasteiger charge is 2.16. The summed E-state index contributed by atoms with van der Waals surface area (Å²) in [6.07, 6.45) is 0.671. The van der Waals surface area contributed by atoms with Crippen LogP contribution < -0.4 is 0 Å². The van der Waals surface area contributed by atoms with Crippen molar-refractivity contribution in [2.75, 3.05) is 39.3 Å². The van der Waals surface area contributed by atoms with Crippen molar-refractivity contribution in [1.82, 2.24) is 9.80 Å². The first-order valence-corrected chi connectivity index (χ1v) is 5.54. The molecule has 1 aliphatic heterocycles. The molecule has 0 amide bonds. The highest BCUT2D eigenvalue weighted by atomic mass is 15.3. The largest absolute Gasteiger partial charge is 0.301 e. The quantitative estimate of drug-likeness (QED) is 0.674. The zero-order chi connectivity index (χ0) is 10.4. The van der Waals surface area contributed by atoms with Crippen molar-refractivity contribution in [2.45, 2.75) is 20.3 Å². The van der Waals surface area contributed by atoms with E-state index < -0.39 is 0 Å². The molecule has 0 aromatic rings. The van der Waals surface area contributed by atoms with Crippen LogP contribution in [0.15, 0.2) is 0 Å². The lowest BCUT2D eigenvalue weighted by Gasteiger charge is -2.35. The first-order valence-electron chi connectivity index (χ1n) is 5.54. The maximum Gasteiger partial charge on any atom is 0.0635 e. The van der Waals surface area contributed by atoms with Gasteiger partial charge < -0.3 is 4.90 Å². The third kappa shape index (κ3) is 4.08. The lowest BCUT2D eigenvalue weighted by atomic mass is 10.2. The smallest absolute Gasteiger partial charge is 0.0635 e. The molecule has 0 aromatic heterocycles. The average Bonchev–Trinajstić information content (AvgIpc) is 2.16. The van der Waals surface area contributed by atoms with E-state index in [1.165, 1.54) is 19.6 Å². The molecule has 1 heterocycles. The number of piperazine rings is 1. The van der Waals surface area contributed by atoms with Gasteiger partial charge in [-0.3, -0.25) is 4.90 Å². The summed E-state index contributed by atoms with van der Waals surface area (Å²) in [5.41, 5.74) is 0. The second-order valence-corrected chi connectivity index (χ2v) is 4.44. The topological polar surface area (TPSA) is 30.3 Å². The predicted molar refractivity (Wildman–Crippen MR) is 57.9 cm³/mol. The van der Waals surface area contributed by atoms with Crippen molar-refractivity contribution in [3.8, 4) is 6.07 Å². The molecule has 0 atom stereocenters. The molecule has 0 unspecified atom stereocenters. The van der Waals surface area contributed by atoms with Crippen LogP contribution in [-0.2, 0) is 0 Å². The minimum absolute atomic E-state index is 0.671. The molecule has 0 bridgehead atoms. The van der Waals surface area contributed by atoms with E-state index in [2.05, 4.69) is 29.7 Å². The number of rotatable bonds is 4. The van der Waals surface area contributed by atoms with Gasteiger partial charge in [0.05, 0.1) is 6.07 Å². The van der Waals surface area contributed by atoms with Gasteiger partial charge in [-0.15, -0.1) is 0 Å². The molecule has 3 heteroatoms. The minimum atomic E-state index is 0.671. The Balaban J connectivity index is 2.15. The molecule has 0 radical (unpaired) electrons. The van der Waals surface area contributed by atoms with Crippen LogP contribution in [0.2, 0.25) is 0 Å². The third-order valence-electron chi connectivity index (χ3n) is 2.63. The van der Waals surface area contributed by atoms with Gasteiger partial charge in [-0.05, 0) is 5.92 Å². The lowest BCUT2D eigenvalue weighted by molar-refractivity contribution is 0.124. The van der Waals surface area contributed by atoms with E-state index >= 15 is 0 Å². The number of nitrogens with zero attached hydrogens (tertiary/aromatic N) is 3. The highest BCUT2D eigenvalue weighted by molar-refractivity contribution is 4.77. The normalized spacial score (nSPS) is 19.9. The van der Waals surface area contributed by atoms with E-state index in [1.807, 2.05) is 0 Å². The van der Waals surface area contributed by atoms with Crippen molar-refractivity contribution in [1.29, 1.82) is 5.26 Å². The van der Waals surface area contributed by atoms with Crippen LogP contribution >= 0.6 is 0 Å². The number of hydrogen-bond acceptors (Lipinski definition) is 3. The van der Waals surface area contributed by atoms with E-state index in [-0.39, 0.29) is 0 Å². The molecule has 0 saturated carbocycles. The van der Waals surface area contributed by atoms with Crippen LogP contribution in [0.1, 0.15) is 20.3 Å². The summed E-state index contributed by atoms with van der Waals surface area (Å²) in [6.45, 7) is 11.3. The zero-order valence-electron chi connectivity index (χ0n) is 9.37. The fraction of sp³-hybridized carbons (Fsp3) is 0.909. The van der Waals surface area contributed by atoms with Gasteiger partial charge in [0.25, 0.3) is 0 Å². The van der Waals surface area contributed by atoms with Crippen molar-refractivity contribution in [3.05, 3.63) is 0 Å². The SMILES string of the molecule is CC(C)CN1CCN(CCC#N)CC1. The monoisotopic (exact) mass is 195 g/mol. The fourth-order valence-electron chi connectivity index (χ4n) is 1.92. The molecule has 0 aromatic carbocycles. The van der Waals surface area contributed by atoms with Crippen molar-refractivity contribution in [3.63, 3.8) is 0 Å². The van der Waals surface area contributed by atoms with Crippen LogP contribution in [0.4, 0.5) is 0 Å². The lowest BCUT2D eigenvalue weighted by Crippen LogP contribution is -2.47. The van der Waals surface area contributed by atoms with E-state index in [0.717, 1.165) is 25.6 Å². The summed E-state index contributed by atoms with van der Waals surface area (Å²) in [4.78, 5) is 4.91. The molecule has 3 nitrogen and oxygen atoms in total. The molecule has 0 aliphatic carbocycles. The van der Waals surface area contributed by atoms with Gasteiger partial charge >= 0.3 is 0 Å². The van der Waals surface area contributed by atoms with Gasteiger partial charge in [-0.25, -0.2) is 0 Å². The average molecular weight is 195 g/mol. The van der Waals surface area contributed by atoms with Gasteiger partial charge in [0.2, 0.25) is 0 Å². The van der Waals surface area contributed by atoms with E-state index in [4.69, 9.17) is 5.26 Å². The molecule has 1 fully saturated rings. The molecule has 0 N–H and O–H groups in total. The zero-order valence-corrected chi connectivity index (χ0v) is 9.37. The van der Waals surface area contributed by atoms with E-state index in [9.17, 15) is 0 Å². The molecular formula is C11H21N3. The summed E-state index contributed by atoms with van der Waals surface area (Å²) in [6, 6.07) is 2.20. The van der Waals surface area contributed by atoms with E-state index in [0.29, 0.717) is 6.42 Å². The predicted octanol–water partition coefficient (Wildman–Crippen LogP) is 1.17. The second-order valence-electron chi connectivity index (χ2n) is 4.44. The van der Waals surface area contributed by atoms with Crippen molar-refractivity contribution < 1.29 is 0 Å². The van der Waals surface area contributed by atoms with Crippen LogP contribution in [0.25, 0.3) is 0 Å². The summed E-state index contributed by atoms with van der Waals surface area (Å²) >= 11 is 0. The second kappa shape index (κ2) is 6.00. The van der Waals surface area contributed by atoms with Gasteiger partial charge in [0, 0.05) is 45.7 Å². The van der Waals surface area contributed by atoms with Crippen LogP contribution in [-0.4, -0.2) is 49.1 Å². The molecule has 0 spiro atoms. The van der Waals surface area contributed by atoms with Crippen molar-refractivity contribution in [2.24, 2.45) is 5.92 Å². The van der Waals surface area contributed by atoms with Crippen LogP contribution in [0.5, 0.6) is 0 Å². The molecular weight excluding hydrogens is 174 g/mol. The van der Waals surface area contributed by atoms with Gasteiger partial charge in [-0.1, -0.05) is 13.8 Å². The first-order chi connectivity index (χ1) is 6.72. The molecule has 1 aliphatic rings. The Morgan fingerprint density at radius 3 is 2.21 bits per heavy atom. The molecule has 1 rings (SSSR count). The fourth-order valence-corrected chi connectivity index (χ4v) is 1.92. The van der Waals surface area contributed by atoms with E-state index in [1.54, 1.807) is 0 Å². The summed E-state index contributed by atoms with van der Waals surface area (Å²) < 4.78 is 0. The Morgan fingerprint density at radius 2 is 1.71 bits per heavy atom. The summed E-state index contributed by atoms with van der Waals surface area (Å²) in [5, 5.41) is 8.48. The van der Waals surface area contributed by atoms with Gasteiger partial charge in [0.15, 0.2) is 0 Å². The molecule has 14 heavy (non-hydrogen) atoms. The Hall–Kier alpha value is -0.590. The standard InChI is InChI=1S/C11H21N3/c1-11(2)10-14-8-6-13(7-9-14)5-3-4-12/h11H,3,5-10H2,1-2H3.